The molecule has 1 aliphatic rings. The molecule has 1 amide bonds. The maximum atomic E-state index is 11.0. The number of carboxylic acids is 1. The Hall–Kier alpha value is -2.13. The van der Waals surface area contributed by atoms with Gasteiger partial charge in [-0.1, -0.05) is 30.3 Å². The molecule has 6 nitrogen and oxygen atoms in total. The van der Waals surface area contributed by atoms with Crippen molar-refractivity contribution in [3.05, 3.63) is 35.9 Å². The van der Waals surface area contributed by atoms with E-state index >= 15 is 0 Å². The molecule has 0 saturated carbocycles. The number of ether oxygens (including phenoxy) is 2. The minimum atomic E-state index is -5.08. The standard InChI is InChI=1S/C12H15NO3.C2HF3O2/c14-12-9-16-8-11(13-12)7-15-6-10-4-2-1-3-5-10;3-2(4,5)1(6)7/h1-5,11H,6-9H2,(H,13,14);(H,6,7)/t11-;/m0./s1. The molecule has 1 aromatic carbocycles. The highest BCUT2D eigenvalue weighted by atomic mass is 19.4. The Kier molecular flexibility index (Phi) is 7.49. The molecular weight excluding hydrogens is 319 g/mol. The third-order valence-corrected chi connectivity index (χ3v) is 2.59. The van der Waals surface area contributed by atoms with Crippen molar-refractivity contribution in [3.8, 4) is 0 Å². The van der Waals surface area contributed by atoms with Gasteiger partial charge in [0.15, 0.2) is 0 Å². The fraction of sp³-hybridized carbons (Fsp3) is 0.429. The van der Waals surface area contributed by atoms with Crippen molar-refractivity contribution in [2.75, 3.05) is 19.8 Å². The van der Waals surface area contributed by atoms with Gasteiger partial charge >= 0.3 is 12.1 Å². The van der Waals surface area contributed by atoms with Gasteiger partial charge < -0.3 is 19.9 Å². The fourth-order valence-corrected chi connectivity index (χ4v) is 1.59. The summed E-state index contributed by atoms with van der Waals surface area (Å²) >= 11 is 0. The molecule has 128 valence electrons. The molecule has 0 aliphatic carbocycles. The molecule has 0 spiro atoms. The Bertz CT molecular complexity index is 507. The van der Waals surface area contributed by atoms with Crippen LogP contribution in [0, 0.1) is 0 Å². The Balaban J connectivity index is 0.000000322. The van der Waals surface area contributed by atoms with Gasteiger partial charge in [-0.05, 0) is 5.56 Å². The van der Waals surface area contributed by atoms with Gasteiger partial charge in [0.25, 0.3) is 0 Å². The molecule has 2 rings (SSSR count). The molecule has 23 heavy (non-hydrogen) atoms. The van der Waals surface area contributed by atoms with Crippen molar-refractivity contribution >= 4 is 11.9 Å². The first kappa shape index (κ1) is 18.9. The summed E-state index contributed by atoms with van der Waals surface area (Å²) in [4.78, 5) is 19.9. The summed E-state index contributed by atoms with van der Waals surface area (Å²) in [5, 5.41) is 9.94. The highest BCUT2D eigenvalue weighted by molar-refractivity contribution is 5.78. The number of rotatable bonds is 4. The van der Waals surface area contributed by atoms with Crippen molar-refractivity contribution in [2.24, 2.45) is 0 Å². The van der Waals surface area contributed by atoms with E-state index in [-0.39, 0.29) is 18.6 Å². The van der Waals surface area contributed by atoms with Crippen LogP contribution in [0.4, 0.5) is 13.2 Å². The molecule has 1 atom stereocenters. The molecule has 2 N–H and O–H groups in total. The van der Waals surface area contributed by atoms with Crippen molar-refractivity contribution in [1.82, 2.24) is 5.32 Å². The molecule has 1 aliphatic heterocycles. The summed E-state index contributed by atoms with van der Waals surface area (Å²) in [5.74, 6) is -2.83. The van der Waals surface area contributed by atoms with Crippen molar-refractivity contribution in [3.63, 3.8) is 0 Å². The SMILES string of the molecule is O=C(O)C(F)(F)F.O=C1COC[C@H](COCc2ccccc2)N1. The van der Waals surface area contributed by atoms with Gasteiger partial charge in [0.2, 0.25) is 5.91 Å². The lowest BCUT2D eigenvalue weighted by molar-refractivity contribution is -0.192. The van der Waals surface area contributed by atoms with E-state index in [0.717, 1.165) is 5.56 Å². The number of carboxylic acid groups (broad SMARTS) is 1. The summed E-state index contributed by atoms with van der Waals surface area (Å²) in [6, 6.07) is 9.92. The van der Waals surface area contributed by atoms with Crippen molar-refractivity contribution in [1.29, 1.82) is 0 Å². The van der Waals surface area contributed by atoms with Crippen LogP contribution in [0.3, 0.4) is 0 Å². The number of aliphatic carboxylic acids is 1. The molecule has 0 bridgehead atoms. The first-order valence-corrected chi connectivity index (χ1v) is 6.58. The summed E-state index contributed by atoms with van der Waals surface area (Å²) in [5.41, 5.74) is 1.13. The van der Waals surface area contributed by atoms with E-state index < -0.39 is 12.1 Å². The van der Waals surface area contributed by atoms with Crippen LogP contribution in [0.5, 0.6) is 0 Å². The second-order valence-electron chi connectivity index (χ2n) is 4.58. The second-order valence-corrected chi connectivity index (χ2v) is 4.58. The molecule has 9 heteroatoms. The zero-order chi connectivity index (χ0) is 17.3. The molecular formula is C14H16F3NO5. The number of halogens is 3. The van der Waals surface area contributed by atoms with Gasteiger partial charge in [0.1, 0.15) is 6.61 Å². The van der Waals surface area contributed by atoms with E-state index in [2.05, 4.69) is 5.32 Å². The predicted octanol–water partition coefficient (Wildman–Crippen LogP) is 1.35. The number of nitrogens with one attached hydrogen (secondary N) is 1. The van der Waals surface area contributed by atoms with E-state index in [1.54, 1.807) is 0 Å². The zero-order valence-electron chi connectivity index (χ0n) is 12.0. The van der Waals surface area contributed by atoms with Crippen LogP contribution in [0.2, 0.25) is 0 Å². The van der Waals surface area contributed by atoms with E-state index in [1.165, 1.54) is 0 Å². The number of benzene rings is 1. The average molecular weight is 335 g/mol. The molecule has 0 radical (unpaired) electrons. The van der Waals surface area contributed by atoms with Gasteiger partial charge in [0.05, 0.1) is 25.9 Å². The van der Waals surface area contributed by atoms with E-state index in [1.807, 2.05) is 30.3 Å². The molecule has 0 unspecified atom stereocenters. The predicted molar refractivity (Wildman–Crippen MR) is 72.5 cm³/mol. The highest BCUT2D eigenvalue weighted by Gasteiger charge is 2.38. The fourth-order valence-electron chi connectivity index (χ4n) is 1.59. The molecule has 1 saturated heterocycles. The largest absolute Gasteiger partial charge is 0.490 e. The van der Waals surface area contributed by atoms with Gasteiger partial charge in [-0.2, -0.15) is 13.2 Å². The minimum Gasteiger partial charge on any atom is -0.475 e. The zero-order valence-corrected chi connectivity index (χ0v) is 12.0. The van der Waals surface area contributed by atoms with Gasteiger partial charge in [-0.25, -0.2) is 4.79 Å². The smallest absolute Gasteiger partial charge is 0.475 e. The lowest BCUT2D eigenvalue weighted by Gasteiger charge is -2.23. The minimum absolute atomic E-state index is 0.0232. The third-order valence-electron chi connectivity index (χ3n) is 2.59. The number of carbonyl (C=O) groups is 2. The Morgan fingerprint density at radius 1 is 1.35 bits per heavy atom. The van der Waals surface area contributed by atoms with Crippen LogP contribution in [0.1, 0.15) is 5.56 Å². The Morgan fingerprint density at radius 2 is 1.96 bits per heavy atom. The van der Waals surface area contributed by atoms with Gasteiger partial charge in [-0.15, -0.1) is 0 Å². The van der Waals surface area contributed by atoms with E-state index in [4.69, 9.17) is 19.4 Å². The molecule has 1 fully saturated rings. The summed E-state index contributed by atoms with van der Waals surface area (Å²) in [6.07, 6.45) is -5.08. The summed E-state index contributed by atoms with van der Waals surface area (Å²) < 4.78 is 42.4. The topological polar surface area (TPSA) is 84.9 Å². The number of morpholine rings is 1. The van der Waals surface area contributed by atoms with E-state index in [9.17, 15) is 18.0 Å². The second kappa shape index (κ2) is 9.11. The number of carbonyl (C=O) groups excluding carboxylic acids is 1. The first-order chi connectivity index (χ1) is 10.8. The molecule has 1 heterocycles. The normalized spacial score (nSPS) is 17.7. The molecule has 1 aromatic rings. The number of hydrogen-bond donors (Lipinski definition) is 2. The summed E-state index contributed by atoms with van der Waals surface area (Å²) in [6.45, 7) is 1.74. The molecule has 0 aromatic heterocycles. The quantitative estimate of drug-likeness (QED) is 0.868. The van der Waals surface area contributed by atoms with Crippen LogP contribution < -0.4 is 5.32 Å². The maximum Gasteiger partial charge on any atom is 0.490 e. The lowest BCUT2D eigenvalue weighted by Crippen LogP contribution is -2.47. The van der Waals surface area contributed by atoms with E-state index in [0.29, 0.717) is 19.8 Å². The van der Waals surface area contributed by atoms with Crippen LogP contribution in [-0.4, -0.2) is 49.0 Å². The maximum absolute atomic E-state index is 11.0. The number of alkyl halides is 3. The lowest BCUT2D eigenvalue weighted by atomic mass is 10.2. The van der Waals surface area contributed by atoms with Crippen molar-refractivity contribution in [2.45, 2.75) is 18.8 Å². The average Bonchev–Trinajstić information content (AvgIpc) is 2.48. The third kappa shape index (κ3) is 8.17. The Morgan fingerprint density at radius 3 is 2.48 bits per heavy atom. The Labute approximate surface area is 130 Å². The van der Waals surface area contributed by atoms with Crippen LogP contribution >= 0.6 is 0 Å². The summed E-state index contributed by atoms with van der Waals surface area (Å²) in [7, 11) is 0. The van der Waals surface area contributed by atoms with Crippen LogP contribution in [0.15, 0.2) is 30.3 Å². The number of amides is 1. The van der Waals surface area contributed by atoms with Crippen LogP contribution in [0.25, 0.3) is 0 Å². The van der Waals surface area contributed by atoms with Crippen molar-refractivity contribution < 1.29 is 37.3 Å². The monoisotopic (exact) mass is 335 g/mol. The highest BCUT2D eigenvalue weighted by Crippen LogP contribution is 2.13. The first-order valence-electron chi connectivity index (χ1n) is 6.58. The van der Waals surface area contributed by atoms with Gasteiger partial charge in [-0.3, -0.25) is 4.79 Å². The van der Waals surface area contributed by atoms with Crippen LogP contribution in [-0.2, 0) is 25.7 Å². The number of hydrogen-bond acceptors (Lipinski definition) is 4. The van der Waals surface area contributed by atoms with Gasteiger partial charge in [0, 0.05) is 0 Å².